The molecule has 0 N–H and O–H groups in total. The van der Waals surface area contributed by atoms with Crippen molar-refractivity contribution >= 4 is 25.6 Å². The lowest BCUT2D eigenvalue weighted by atomic mass is 9.99. The molecule has 2 rings (SSSR count). The van der Waals surface area contributed by atoms with Gasteiger partial charge in [-0.05, 0) is 39.2 Å². The van der Waals surface area contributed by atoms with Gasteiger partial charge in [0.25, 0.3) is 15.0 Å². The smallest absolute Gasteiger partial charge is 0.270 e. The Bertz CT molecular complexity index is 660. The van der Waals surface area contributed by atoms with E-state index >= 15 is 0 Å². The van der Waals surface area contributed by atoms with Crippen LogP contribution in [0.1, 0.15) is 56.6 Å². The highest BCUT2D eigenvalue weighted by Crippen LogP contribution is 2.38. The Labute approximate surface area is 130 Å². The standard InChI is InChI=1S/C14H21ClN2O3S/c1-5-14(2,3)16(4)13(18)12-8-11(21(15,19)20)9-17(12)10-6-7-10/h8-10H,5-7H2,1-4H3. The van der Waals surface area contributed by atoms with Crippen LogP contribution in [0.25, 0.3) is 0 Å². The molecule has 0 radical (unpaired) electrons. The number of hydrogen-bond acceptors (Lipinski definition) is 3. The van der Waals surface area contributed by atoms with Crippen molar-refractivity contribution in [3.05, 3.63) is 18.0 Å². The summed E-state index contributed by atoms with van der Waals surface area (Å²) in [7, 11) is 3.32. The van der Waals surface area contributed by atoms with Crippen molar-refractivity contribution in [3.8, 4) is 0 Å². The monoisotopic (exact) mass is 332 g/mol. The van der Waals surface area contributed by atoms with Crippen molar-refractivity contribution in [2.45, 2.75) is 56.5 Å². The molecule has 0 bridgehead atoms. The highest BCUT2D eigenvalue weighted by Gasteiger charge is 2.34. The van der Waals surface area contributed by atoms with Crippen LogP contribution in [0.2, 0.25) is 0 Å². The van der Waals surface area contributed by atoms with Crippen LogP contribution in [0, 0.1) is 0 Å². The zero-order valence-corrected chi connectivity index (χ0v) is 14.3. The topological polar surface area (TPSA) is 59.4 Å². The molecule has 0 aromatic carbocycles. The molecule has 21 heavy (non-hydrogen) atoms. The Morgan fingerprint density at radius 3 is 2.48 bits per heavy atom. The van der Waals surface area contributed by atoms with Gasteiger partial charge in [0.05, 0.1) is 0 Å². The molecule has 1 aliphatic carbocycles. The Morgan fingerprint density at radius 2 is 2.05 bits per heavy atom. The maximum Gasteiger partial charge on any atom is 0.270 e. The van der Waals surface area contributed by atoms with Gasteiger partial charge in [0.15, 0.2) is 0 Å². The predicted octanol–water partition coefficient (Wildman–Crippen LogP) is 3.01. The highest BCUT2D eigenvalue weighted by atomic mass is 35.7. The fraction of sp³-hybridized carbons (Fsp3) is 0.643. The molecule has 1 aliphatic rings. The average molecular weight is 333 g/mol. The molecule has 0 atom stereocenters. The third-order valence-corrected chi connectivity index (χ3v) is 5.66. The van der Waals surface area contributed by atoms with Crippen molar-refractivity contribution < 1.29 is 13.2 Å². The van der Waals surface area contributed by atoms with E-state index in [1.807, 2.05) is 20.8 Å². The lowest BCUT2D eigenvalue weighted by Gasteiger charge is -2.35. The first-order valence-corrected chi connectivity index (χ1v) is 9.33. The first-order valence-electron chi connectivity index (χ1n) is 7.02. The van der Waals surface area contributed by atoms with Crippen LogP contribution in [0.4, 0.5) is 0 Å². The van der Waals surface area contributed by atoms with Crippen molar-refractivity contribution in [2.75, 3.05) is 7.05 Å². The Morgan fingerprint density at radius 1 is 1.48 bits per heavy atom. The molecule has 0 aliphatic heterocycles. The quantitative estimate of drug-likeness (QED) is 0.779. The minimum atomic E-state index is -3.83. The minimum Gasteiger partial charge on any atom is -0.339 e. The molecule has 7 heteroatoms. The normalized spacial score (nSPS) is 16.0. The second-order valence-electron chi connectivity index (χ2n) is 6.17. The maximum absolute atomic E-state index is 12.7. The molecule has 1 saturated carbocycles. The molecular weight excluding hydrogens is 312 g/mol. The molecule has 0 saturated heterocycles. The van der Waals surface area contributed by atoms with Gasteiger partial charge in [-0.2, -0.15) is 0 Å². The third kappa shape index (κ3) is 3.26. The summed E-state index contributed by atoms with van der Waals surface area (Å²) in [5.74, 6) is -0.180. The van der Waals surface area contributed by atoms with Crippen LogP contribution in [-0.4, -0.2) is 36.4 Å². The number of carbonyl (C=O) groups is 1. The second kappa shape index (κ2) is 5.32. The summed E-state index contributed by atoms with van der Waals surface area (Å²) < 4.78 is 24.8. The molecule has 118 valence electrons. The van der Waals surface area contributed by atoms with Crippen molar-refractivity contribution in [2.24, 2.45) is 0 Å². The minimum absolute atomic E-state index is 0.0119. The van der Waals surface area contributed by atoms with E-state index in [-0.39, 0.29) is 22.4 Å². The van der Waals surface area contributed by atoms with E-state index in [1.54, 1.807) is 16.5 Å². The summed E-state index contributed by atoms with van der Waals surface area (Å²) in [6, 6.07) is 1.58. The molecule has 0 spiro atoms. The number of carbonyl (C=O) groups excluding carboxylic acids is 1. The fourth-order valence-corrected chi connectivity index (χ4v) is 2.84. The first-order chi connectivity index (χ1) is 9.58. The lowest BCUT2D eigenvalue weighted by Crippen LogP contribution is -2.45. The second-order valence-corrected chi connectivity index (χ2v) is 8.73. The van der Waals surface area contributed by atoms with E-state index < -0.39 is 9.05 Å². The number of rotatable bonds is 5. The van der Waals surface area contributed by atoms with Crippen molar-refractivity contribution in [1.82, 2.24) is 9.47 Å². The van der Waals surface area contributed by atoms with Gasteiger partial charge in [0, 0.05) is 35.5 Å². The van der Waals surface area contributed by atoms with E-state index in [0.717, 1.165) is 19.3 Å². The van der Waals surface area contributed by atoms with Crippen LogP contribution in [0.3, 0.4) is 0 Å². The molecule has 1 amide bonds. The maximum atomic E-state index is 12.7. The number of hydrogen-bond donors (Lipinski definition) is 0. The first kappa shape index (κ1) is 16.4. The number of aromatic nitrogens is 1. The molecule has 5 nitrogen and oxygen atoms in total. The number of nitrogens with zero attached hydrogens (tertiary/aromatic N) is 2. The molecule has 1 heterocycles. The van der Waals surface area contributed by atoms with Crippen molar-refractivity contribution in [3.63, 3.8) is 0 Å². The van der Waals surface area contributed by atoms with Gasteiger partial charge in [-0.1, -0.05) is 6.92 Å². The van der Waals surface area contributed by atoms with Crippen LogP contribution >= 0.6 is 10.7 Å². The van der Waals surface area contributed by atoms with E-state index in [9.17, 15) is 13.2 Å². The van der Waals surface area contributed by atoms with E-state index in [2.05, 4.69) is 0 Å². The third-order valence-electron chi connectivity index (χ3n) is 4.34. The largest absolute Gasteiger partial charge is 0.339 e. The summed E-state index contributed by atoms with van der Waals surface area (Å²) in [5.41, 5.74) is 0.0937. The fourth-order valence-electron chi connectivity index (χ4n) is 2.10. The molecular formula is C14H21ClN2O3S. The van der Waals surface area contributed by atoms with Crippen LogP contribution < -0.4 is 0 Å². The van der Waals surface area contributed by atoms with Gasteiger partial charge in [-0.15, -0.1) is 0 Å². The Hall–Kier alpha value is -1.01. The molecule has 0 unspecified atom stereocenters. The van der Waals surface area contributed by atoms with Gasteiger partial charge in [0.1, 0.15) is 10.6 Å². The molecule has 1 aromatic rings. The van der Waals surface area contributed by atoms with Gasteiger partial charge < -0.3 is 9.47 Å². The van der Waals surface area contributed by atoms with E-state index in [0.29, 0.717) is 5.69 Å². The predicted molar refractivity (Wildman–Crippen MR) is 82.2 cm³/mol. The summed E-state index contributed by atoms with van der Waals surface area (Å²) >= 11 is 0. The summed E-state index contributed by atoms with van der Waals surface area (Å²) in [5, 5.41) is 0. The van der Waals surface area contributed by atoms with Gasteiger partial charge in [-0.3, -0.25) is 4.79 Å². The lowest BCUT2D eigenvalue weighted by molar-refractivity contribution is 0.0609. The summed E-state index contributed by atoms with van der Waals surface area (Å²) in [6.07, 6.45) is 4.19. The van der Waals surface area contributed by atoms with Gasteiger partial charge >= 0.3 is 0 Å². The number of halogens is 1. The zero-order chi connectivity index (χ0) is 16.0. The van der Waals surface area contributed by atoms with Crippen molar-refractivity contribution in [1.29, 1.82) is 0 Å². The van der Waals surface area contributed by atoms with Crippen LogP contribution in [0.15, 0.2) is 17.2 Å². The molecule has 1 aromatic heterocycles. The van der Waals surface area contributed by atoms with Gasteiger partial charge in [-0.25, -0.2) is 8.42 Å². The number of amides is 1. The van der Waals surface area contributed by atoms with Crippen LogP contribution in [0.5, 0.6) is 0 Å². The average Bonchev–Trinajstić information content (AvgIpc) is 3.14. The summed E-state index contributed by atoms with van der Waals surface area (Å²) in [6.45, 7) is 5.97. The summed E-state index contributed by atoms with van der Waals surface area (Å²) in [4.78, 5) is 14.4. The Kier molecular flexibility index (Phi) is 4.14. The van der Waals surface area contributed by atoms with E-state index in [4.69, 9.17) is 10.7 Å². The van der Waals surface area contributed by atoms with E-state index in [1.165, 1.54) is 12.3 Å². The van der Waals surface area contributed by atoms with Crippen LogP contribution in [-0.2, 0) is 9.05 Å². The molecule has 1 fully saturated rings. The highest BCUT2D eigenvalue weighted by molar-refractivity contribution is 8.13. The SMILES string of the molecule is CCC(C)(C)N(C)C(=O)c1cc(S(=O)(=O)Cl)cn1C1CC1. The Balaban J connectivity index is 2.43. The zero-order valence-electron chi connectivity index (χ0n) is 12.8. The van der Waals surface area contributed by atoms with Gasteiger partial charge in [0.2, 0.25) is 0 Å².